The molecular formula is C19H27N3O2. The molecule has 0 bridgehead atoms. The first-order valence-corrected chi connectivity index (χ1v) is 8.40. The SMILES string of the molecule is C=CC(=O)N(C)c1ccc(C(=O)N2CCCCC(N(C)C)C2)cc1. The lowest BCUT2D eigenvalue weighted by Crippen LogP contribution is -2.41. The molecule has 1 aromatic carbocycles. The zero-order valence-corrected chi connectivity index (χ0v) is 14.9. The molecule has 5 heteroatoms. The molecule has 0 radical (unpaired) electrons. The van der Waals surface area contributed by atoms with E-state index in [9.17, 15) is 9.59 Å². The van der Waals surface area contributed by atoms with Gasteiger partial charge in [-0.2, -0.15) is 0 Å². The van der Waals surface area contributed by atoms with Crippen LogP contribution in [0.1, 0.15) is 29.6 Å². The lowest BCUT2D eigenvalue weighted by molar-refractivity contribution is -0.113. The number of hydrogen-bond acceptors (Lipinski definition) is 3. The molecule has 1 atom stereocenters. The molecule has 0 aromatic heterocycles. The maximum absolute atomic E-state index is 12.8. The summed E-state index contributed by atoms with van der Waals surface area (Å²) in [4.78, 5) is 30.1. The lowest BCUT2D eigenvalue weighted by atomic mass is 10.1. The smallest absolute Gasteiger partial charge is 0.253 e. The van der Waals surface area contributed by atoms with E-state index in [0.717, 1.165) is 38.0 Å². The van der Waals surface area contributed by atoms with Crippen LogP contribution in [-0.4, -0.2) is 61.9 Å². The first kappa shape index (κ1) is 18.2. The minimum Gasteiger partial charge on any atom is -0.337 e. The third-order valence-electron chi connectivity index (χ3n) is 4.67. The van der Waals surface area contributed by atoms with Gasteiger partial charge in [-0.1, -0.05) is 13.0 Å². The maximum Gasteiger partial charge on any atom is 0.253 e. The van der Waals surface area contributed by atoms with Gasteiger partial charge in [0, 0.05) is 37.4 Å². The molecule has 1 saturated heterocycles. The Bertz CT molecular complexity index is 595. The number of likely N-dealkylation sites (N-methyl/N-ethyl adjacent to an activating group) is 2. The molecule has 24 heavy (non-hydrogen) atoms. The van der Waals surface area contributed by atoms with E-state index in [2.05, 4.69) is 25.6 Å². The minimum absolute atomic E-state index is 0.0630. The van der Waals surface area contributed by atoms with E-state index in [4.69, 9.17) is 0 Å². The van der Waals surface area contributed by atoms with Gasteiger partial charge in [0.2, 0.25) is 5.91 Å². The fourth-order valence-corrected chi connectivity index (χ4v) is 3.00. The number of anilines is 1. The summed E-state index contributed by atoms with van der Waals surface area (Å²) in [6.07, 6.45) is 4.60. The highest BCUT2D eigenvalue weighted by atomic mass is 16.2. The average molecular weight is 329 g/mol. The summed E-state index contributed by atoms with van der Waals surface area (Å²) in [7, 11) is 5.83. The van der Waals surface area contributed by atoms with Gasteiger partial charge >= 0.3 is 0 Å². The Labute approximate surface area is 144 Å². The topological polar surface area (TPSA) is 43.9 Å². The molecule has 130 valence electrons. The normalized spacial score (nSPS) is 18.2. The second-order valence-corrected chi connectivity index (χ2v) is 6.51. The van der Waals surface area contributed by atoms with Crippen LogP contribution in [-0.2, 0) is 4.79 Å². The highest BCUT2D eigenvalue weighted by Gasteiger charge is 2.24. The Balaban J connectivity index is 2.11. The first-order chi connectivity index (χ1) is 11.4. The summed E-state index contributed by atoms with van der Waals surface area (Å²) in [5, 5.41) is 0. The Morgan fingerprint density at radius 2 is 1.83 bits per heavy atom. The predicted molar refractivity (Wildman–Crippen MR) is 97.3 cm³/mol. The van der Waals surface area contributed by atoms with Crippen LogP contribution in [0.3, 0.4) is 0 Å². The van der Waals surface area contributed by atoms with Gasteiger partial charge in [0.05, 0.1) is 0 Å². The molecule has 1 aromatic rings. The number of likely N-dealkylation sites (tertiary alicyclic amines) is 1. The molecule has 1 unspecified atom stereocenters. The lowest BCUT2D eigenvalue weighted by Gasteiger charge is -2.28. The Morgan fingerprint density at radius 3 is 2.42 bits per heavy atom. The van der Waals surface area contributed by atoms with E-state index in [1.165, 1.54) is 11.0 Å². The predicted octanol–water partition coefficient (Wildman–Crippen LogP) is 2.39. The van der Waals surface area contributed by atoms with Crippen molar-refractivity contribution in [2.75, 3.05) is 39.1 Å². The fourth-order valence-electron chi connectivity index (χ4n) is 3.00. The first-order valence-electron chi connectivity index (χ1n) is 8.40. The molecule has 0 spiro atoms. The van der Waals surface area contributed by atoms with Gasteiger partial charge in [-0.15, -0.1) is 0 Å². The van der Waals surface area contributed by atoms with Crippen molar-refractivity contribution in [2.45, 2.75) is 25.3 Å². The van der Waals surface area contributed by atoms with Crippen molar-refractivity contribution in [3.05, 3.63) is 42.5 Å². The van der Waals surface area contributed by atoms with Crippen molar-refractivity contribution in [3.8, 4) is 0 Å². The highest BCUT2D eigenvalue weighted by molar-refractivity contribution is 6.01. The zero-order chi connectivity index (χ0) is 17.7. The summed E-state index contributed by atoms with van der Waals surface area (Å²) in [6, 6.07) is 7.60. The van der Waals surface area contributed by atoms with Gasteiger partial charge in [-0.25, -0.2) is 0 Å². The minimum atomic E-state index is -0.171. The van der Waals surface area contributed by atoms with Crippen LogP contribution in [0, 0.1) is 0 Å². The molecule has 5 nitrogen and oxygen atoms in total. The summed E-state index contributed by atoms with van der Waals surface area (Å²) in [6.45, 7) is 5.06. The second-order valence-electron chi connectivity index (χ2n) is 6.51. The van der Waals surface area contributed by atoms with E-state index in [0.29, 0.717) is 11.6 Å². The molecule has 0 saturated carbocycles. The zero-order valence-electron chi connectivity index (χ0n) is 14.9. The molecule has 0 N–H and O–H groups in total. The number of nitrogens with zero attached hydrogens (tertiary/aromatic N) is 3. The third-order valence-corrected chi connectivity index (χ3v) is 4.67. The Morgan fingerprint density at radius 1 is 1.17 bits per heavy atom. The number of benzene rings is 1. The van der Waals surface area contributed by atoms with Crippen LogP contribution < -0.4 is 4.90 Å². The van der Waals surface area contributed by atoms with Crippen molar-refractivity contribution in [1.29, 1.82) is 0 Å². The van der Waals surface area contributed by atoms with E-state index in [1.807, 2.05) is 4.90 Å². The van der Waals surface area contributed by atoms with Crippen LogP contribution in [0.25, 0.3) is 0 Å². The molecule has 1 aliphatic rings. The molecule has 1 aliphatic heterocycles. The number of carbonyl (C=O) groups is 2. The van der Waals surface area contributed by atoms with Gasteiger partial charge in [-0.05, 0) is 57.3 Å². The molecule has 2 rings (SSSR count). The molecular weight excluding hydrogens is 302 g/mol. The number of hydrogen-bond donors (Lipinski definition) is 0. The van der Waals surface area contributed by atoms with E-state index in [1.54, 1.807) is 31.3 Å². The number of carbonyl (C=O) groups excluding carboxylic acids is 2. The summed E-state index contributed by atoms with van der Waals surface area (Å²) in [5.41, 5.74) is 1.41. The van der Waals surface area contributed by atoms with Crippen molar-refractivity contribution in [1.82, 2.24) is 9.80 Å². The number of amides is 2. The van der Waals surface area contributed by atoms with Gasteiger partial charge in [0.25, 0.3) is 5.91 Å². The van der Waals surface area contributed by atoms with E-state index < -0.39 is 0 Å². The van der Waals surface area contributed by atoms with Gasteiger partial charge in [0.15, 0.2) is 0 Å². The number of rotatable bonds is 4. The van der Waals surface area contributed by atoms with Crippen LogP contribution in [0.2, 0.25) is 0 Å². The Kier molecular flexibility index (Phi) is 6.15. The maximum atomic E-state index is 12.8. The van der Waals surface area contributed by atoms with E-state index in [-0.39, 0.29) is 11.8 Å². The monoisotopic (exact) mass is 329 g/mol. The van der Waals surface area contributed by atoms with Gasteiger partial charge in [0.1, 0.15) is 0 Å². The van der Waals surface area contributed by atoms with Crippen molar-refractivity contribution >= 4 is 17.5 Å². The standard InChI is InChI=1S/C19H27N3O2/c1-5-18(23)21(4)16-11-9-15(10-12-16)19(24)22-13-7-6-8-17(14-22)20(2)3/h5,9-12,17H,1,6-8,13-14H2,2-4H3. The fraction of sp³-hybridized carbons (Fsp3) is 0.474. The largest absolute Gasteiger partial charge is 0.337 e. The van der Waals surface area contributed by atoms with Crippen LogP contribution in [0.15, 0.2) is 36.9 Å². The van der Waals surface area contributed by atoms with Gasteiger partial charge in [-0.3, -0.25) is 9.59 Å². The summed E-state index contributed by atoms with van der Waals surface area (Å²) >= 11 is 0. The Hall–Kier alpha value is -2.14. The van der Waals surface area contributed by atoms with Crippen LogP contribution in [0.5, 0.6) is 0 Å². The van der Waals surface area contributed by atoms with Crippen LogP contribution >= 0.6 is 0 Å². The third kappa shape index (κ3) is 4.23. The highest BCUT2D eigenvalue weighted by Crippen LogP contribution is 2.19. The second kappa shape index (κ2) is 8.11. The van der Waals surface area contributed by atoms with Crippen molar-refractivity contribution in [3.63, 3.8) is 0 Å². The molecule has 0 aliphatic carbocycles. The molecule has 2 amide bonds. The van der Waals surface area contributed by atoms with Crippen LogP contribution in [0.4, 0.5) is 5.69 Å². The molecule has 1 fully saturated rings. The summed E-state index contributed by atoms with van der Waals surface area (Å²) in [5.74, 6) is -0.108. The van der Waals surface area contributed by atoms with Crippen molar-refractivity contribution < 1.29 is 9.59 Å². The van der Waals surface area contributed by atoms with Gasteiger partial charge < -0.3 is 14.7 Å². The van der Waals surface area contributed by atoms with Crippen molar-refractivity contribution in [2.24, 2.45) is 0 Å². The van der Waals surface area contributed by atoms with E-state index >= 15 is 0 Å². The quantitative estimate of drug-likeness (QED) is 0.797. The summed E-state index contributed by atoms with van der Waals surface area (Å²) < 4.78 is 0. The molecule has 1 heterocycles. The average Bonchev–Trinajstić information content (AvgIpc) is 2.86.